The van der Waals surface area contributed by atoms with Crippen molar-refractivity contribution in [3.05, 3.63) is 16.3 Å². The third kappa shape index (κ3) is 3.45. The zero-order chi connectivity index (χ0) is 15.6. The highest BCUT2D eigenvalue weighted by atomic mass is 32.2. The number of likely N-dealkylation sites (tertiary alicyclic amines) is 1. The zero-order valence-corrected chi connectivity index (χ0v) is 13.8. The summed E-state index contributed by atoms with van der Waals surface area (Å²) in [5.41, 5.74) is 0. The van der Waals surface area contributed by atoms with E-state index in [-0.39, 0.29) is 15.8 Å². The van der Waals surface area contributed by atoms with E-state index in [9.17, 15) is 13.2 Å². The molecule has 0 aromatic carbocycles. The van der Waals surface area contributed by atoms with Crippen LogP contribution in [-0.4, -0.2) is 61.4 Å². The second-order valence-electron chi connectivity index (χ2n) is 5.14. The fourth-order valence-corrected chi connectivity index (χ4v) is 5.04. The summed E-state index contributed by atoms with van der Waals surface area (Å²) in [5.74, 6) is -1.10. The smallest absolute Gasteiger partial charge is 0.345 e. The number of carbonyl (C=O) groups is 1. The van der Waals surface area contributed by atoms with Gasteiger partial charge in [0.15, 0.2) is 0 Å². The van der Waals surface area contributed by atoms with Gasteiger partial charge in [-0.25, -0.2) is 13.2 Å². The molecule has 0 aliphatic carbocycles. The van der Waals surface area contributed by atoms with Crippen molar-refractivity contribution in [3.63, 3.8) is 0 Å². The van der Waals surface area contributed by atoms with Gasteiger partial charge < -0.3 is 10.0 Å². The minimum Gasteiger partial charge on any atom is -0.477 e. The van der Waals surface area contributed by atoms with Crippen LogP contribution in [0.25, 0.3) is 0 Å². The Bertz CT molecular complexity index is 603. The topological polar surface area (TPSA) is 77.9 Å². The number of hydrogen-bond acceptors (Lipinski definition) is 5. The number of carboxylic acid groups (broad SMARTS) is 1. The van der Waals surface area contributed by atoms with E-state index in [0.717, 1.165) is 43.8 Å². The highest BCUT2D eigenvalue weighted by molar-refractivity contribution is 7.89. The number of aromatic carboxylic acids is 1. The Hall–Kier alpha value is -0.960. The van der Waals surface area contributed by atoms with E-state index < -0.39 is 16.0 Å². The van der Waals surface area contributed by atoms with Gasteiger partial charge in [-0.05, 0) is 38.5 Å². The normalized spacial score (nSPS) is 18.2. The van der Waals surface area contributed by atoms with Gasteiger partial charge in [-0.2, -0.15) is 4.31 Å². The van der Waals surface area contributed by atoms with Crippen LogP contribution in [0.5, 0.6) is 0 Å². The Morgan fingerprint density at radius 2 is 2.10 bits per heavy atom. The van der Waals surface area contributed by atoms with E-state index in [1.165, 1.54) is 15.8 Å². The lowest BCUT2D eigenvalue weighted by Gasteiger charge is -2.35. The molecule has 0 saturated carbocycles. The maximum Gasteiger partial charge on any atom is 0.345 e. The highest BCUT2D eigenvalue weighted by Crippen LogP contribution is 2.26. The van der Waals surface area contributed by atoms with Crippen molar-refractivity contribution >= 4 is 27.3 Å². The molecule has 0 atom stereocenters. The standard InChI is InChI=1S/C13H20N2O4S2/c1-3-15-6-4-10(5-7-15)14(2)21(18,19)11-8-12(13(16)17)20-9-11/h8-10H,3-7H2,1-2H3,(H,16,17). The molecule has 0 radical (unpaired) electrons. The Labute approximate surface area is 129 Å². The maximum absolute atomic E-state index is 12.5. The van der Waals surface area contributed by atoms with E-state index in [4.69, 9.17) is 5.11 Å². The third-order valence-electron chi connectivity index (χ3n) is 3.98. The second kappa shape index (κ2) is 6.43. The van der Waals surface area contributed by atoms with E-state index in [1.807, 2.05) is 0 Å². The van der Waals surface area contributed by atoms with E-state index >= 15 is 0 Å². The first-order valence-electron chi connectivity index (χ1n) is 6.88. The molecule has 2 heterocycles. The molecule has 1 aromatic heterocycles. The minimum atomic E-state index is -3.61. The maximum atomic E-state index is 12.5. The monoisotopic (exact) mass is 332 g/mol. The van der Waals surface area contributed by atoms with Crippen molar-refractivity contribution in [2.75, 3.05) is 26.7 Å². The van der Waals surface area contributed by atoms with Crippen molar-refractivity contribution in [1.29, 1.82) is 0 Å². The third-order valence-corrected chi connectivity index (χ3v) is 6.94. The molecule has 1 aliphatic heterocycles. The van der Waals surface area contributed by atoms with Crippen LogP contribution in [-0.2, 0) is 10.0 Å². The van der Waals surface area contributed by atoms with Gasteiger partial charge in [0.25, 0.3) is 0 Å². The molecular formula is C13H20N2O4S2. The van der Waals surface area contributed by atoms with Gasteiger partial charge in [0.1, 0.15) is 4.88 Å². The zero-order valence-electron chi connectivity index (χ0n) is 12.2. The van der Waals surface area contributed by atoms with Gasteiger partial charge in [0.05, 0.1) is 4.90 Å². The molecule has 0 bridgehead atoms. The Kier molecular flexibility index (Phi) is 5.03. The number of carboxylic acids is 1. The number of sulfonamides is 1. The SMILES string of the molecule is CCN1CCC(N(C)S(=O)(=O)c2csc(C(=O)O)c2)CC1. The predicted molar refractivity (Wildman–Crippen MR) is 81.4 cm³/mol. The first kappa shape index (κ1) is 16.4. The lowest BCUT2D eigenvalue weighted by molar-refractivity contribution is 0.0702. The van der Waals surface area contributed by atoms with Crippen LogP contribution in [0.2, 0.25) is 0 Å². The van der Waals surface area contributed by atoms with Gasteiger partial charge in [0.2, 0.25) is 10.0 Å². The molecule has 0 amide bonds. The summed E-state index contributed by atoms with van der Waals surface area (Å²) in [7, 11) is -2.03. The van der Waals surface area contributed by atoms with Crippen LogP contribution < -0.4 is 0 Å². The summed E-state index contributed by atoms with van der Waals surface area (Å²) in [6, 6.07) is 1.21. The van der Waals surface area contributed by atoms with Crippen molar-refractivity contribution in [2.45, 2.75) is 30.7 Å². The molecule has 118 valence electrons. The predicted octanol–water partition coefficient (Wildman–Crippen LogP) is 1.55. The van der Waals surface area contributed by atoms with Crippen LogP contribution in [0, 0.1) is 0 Å². The molecule has 21 heavy (non-hydrogen) atoms. The average molecular weight is 332 g/mol. The van der Waals surface area contributed by atoms with Gasteiger partial charge in [0, 0.05) is 18.5 Å². The molecule has 1 saturated heterocycles. The van der Waals surface area contributed by atoms with Gasteiger partial charge >= 0.3 is 5.97 Å². The molecule has 6 nitrogen and oxygen atoms in total. The van der Waals surface area contributed by atoms with Crippen LogP contribution in [0.1, 0.15) is 29.4 Å². The lowest BCUT2D eigenvalue weighted by atomic mass is 10.1. The molecule has 2 rings (SSSR count). The Morgan fingerprint density at radius 3 is 2.57 bits per heavy atom. The van der Waals surface area contributed by atoms with Gasteiger partial charge in [-0.3, -0.25) is 0 Å². The molecule has 1 aliphatic rings. The van der Waals surface area contributed by atoms with E-state index in [0.29, 0.717) is 0 Å². The summed E-state index contributed by atoms with van der Waals surface area (Å²) in [6.45, 7) is 4.87. The van der Waals surface area contributed by atoms with E-state index in [1.54, 1.807) is 7.05 Å². The number of rotatable bonds is 5. The second-order valence-corrected chi connectivity index (χ2v) is 8.05. The minimum absolute atomic E-state index is 0.0222. The molecule has 1 N–H and O–H groups in total. The number of thiophene rings is 1. The quantitative estimate of drug-likeness (QED) is 0.885. The molecule has 8 heteroatoms. The van der Waals surface area contributed by atoms with E-state index in [2.05, 4.69) is 11.8 Å². The fourth-order valence-electron chi connectivity index (χ4n) is 2.53. The largest absolute Gasteiger partial charge is 0.477 e. The van der Waals surface area contributed by atoms with Crippen molar-refractivity contribution in [1.82, 2.24) is 9.21 Å². The molecule has 0 unspecified atom stereocenters. The summed E-state index contributed by atoms with van der Waals surface area (Å²) >= 11 is 0.939. The Morgan fingerprint density at radius 1 is 1.48 bits per heavy atom. The van der Waals surface area contributed by atoms with Crippen LogP contribution in [0.3, 0.4) is 0 Å². The molecule has 0 spiro atoms. The average Bonchev–Trinajstić information content (AvgIpc) is 2.97. The van der Waals surface area contributed by atoms with Crippen molar-refractivity contribution in [2.24, 2.45) is 0 Å². The lowest BCUT2D eigenvalue weighted by Crippen LogP contribution is -2.45. The number of piperidine rings is 1. The van der Waals surface area contributed by atoms with Crippen LogP contribution >= 0.6 is 11.3 Å². The highest BCUT2D eigenvalue weighted by Gasteiger charge is 2.31. The van der Waals surface area contributed by atoms with Gasteiger partial charge in [-0.15, -0.1) is 11.3 Å². The van der Waals surface area contributed by atoms with Crippen LogP contribution in [0.4, 0.5) is 0 Å². The summed E-state index contributed by atoms with van der Waals surface area (Å²) in [6.07, 6.45) is 1.61. The molecule has 1 aromatic rings. The molecule has 1 fully saturated rings. The number of nitrogens with zero attached hydrogens (tertiary/aromatic N) is 2. The summed E-state index contributed by atoms with van der Waals surface area (Å²) in [4.78, 5) is 13.3. The van der Waals surface area contributed by atoms with Crippen molar-refractivity contribution < 1.29 is 18.3 Å². The summed E-state index contributed by atoms with van der Waals surface area (Å²) in [5, 5.41) is 10.3. The molecular weight excluding hydrogens is 312 g/mol. The van der Waals surface area contributed by atoms with Crippen molar-refractivity contribution in [3.8, 4) is 0 Å². The Balaban J connectivity index is 2.13. The first-order chi connectivity index (χ1) is 9.86. The van der Waals surface area contributed by atoms with Crippen LogP contribution in [0.15, 0.2) is 16.3 Å². The summed E-state index contributed by atoms with van der Waals surface area (Å²) < 4.78 is 26.5. The number of hydrogen-bond donors (Lipinski definition) is 1. The first-order valence-corrected chi connectivity index (χ1v) is 9.20. The fraction of sp³-hybridized carbons (Fsp3) is 0.615. The van der Waals surface area contributed by atoms with Gasteiger partial charge in [-0.1, -0.05) is 6.92 Å².